The van der Waals surface area contributed by atoms with E-state index in [1.165, 1.54) is 0 Å². The van der Waals surface area contributed by atoms with E-state index >= 15 is 0 Å². The van der Waals surface area contributed by atoms with E-state index in [4.69, 9.17) is 14.2 Å². The largest absolute Gasteiger partial charge is 0.491 e. The van der Waals surface area contributed by atoms with Crippen LogP contribution < -0.4 is 0 Å². The maximum absolute atomic E-state index is 5.46. The summed E-state index contributed by atoms with van der Waals surface area (Å²) in [6.07, 6.45) is 3.62. The Morgan fingerprint density at radius 1 is 1.57 bits per heavy atom. The summed E-state index contributed by atoms with van der Waals surface area (Å²) in [5, 5.41) is 0. The third-order valence-electron chi connectivity index (χ3n) is 1.69. The maximum atomic E-state index is 5.46. The molecule has 1 aliphatic heterocycles. The van der Waals surface area contributed by atoms with Crippen LogP contribution in [0.3, 0.4) is 0 Å². The van der Waals surface area contributed by atoms with E-state index in [0.717, 1.165) is 6.61 Å². The molecule has 0 aromatic carbocycles. The fourth-order valence-electron chi connectivity index (χ4n) is 0.921. The first-order chi connectivity index (χ1) is 6.77. The lowest BCUT2D eigenvalue weighted by atomic mass is 10.4. The zero-order valence-corrected chi connectivity index (χ0v) is 8.49. The first-order valence-corrected chi connectivity index (χ1v) is 4.67. The zero-order valence-electron chi connectivity index (χ0n) is 8.49. The standard InChI is InChI=1S/C11H16O3/c1-4-6-11(9(3)12-5-2)14-8-10-7-13-10/h4,6,10H,1,3,5,7-8H2,2H3/b11-6+. The van der Waals surface area contributed by atoms with E-state index in [-0.39, 0.29) is 6.10 Å². The second-order valence-corrected chi connectivity index (χ2v) is 2.89. The summed E-state index contributed by atoms with van der Waals surface area (Å²) in [4.78, 5) is 0. The van der Waals surface area contributed by atoms with Crippen LogP contribution >= 0.6 is 0 Å². The van der Waals surface area contributed by atoms with E-state index in [9.17, 15) is 0 Å². The fraction of sp³-hybridized carbons (Fsp3) is 0.455. The average Bonchev–Trinajstić information content (AvgIpc) is 2.96. The molecule has 0 saturated carbocycles. The molecule has 0 aliphatic carbocycles. The number of hydrogen-bond donors (Lipinski definition) is 0. The molecule has 0 aromatic heterocycles. The molecule has 3 heteroatoms. The minimum absolute atomic E-state index is 0.234. The number of allylic oxidation sites excluding steroid dienone is 2. The molecule has 1 saturated heterocycles. The highest BCUT2D eigenvalue weighted by atomic mass is 16.6. The van der Waals surface area contributed by atoms with E-state index in [2.05, 4.69) is 13.2 Å². The van der Waals surface area contributed by atoms with Crippen molar-refractivity contribution < 1.29 is 14.2 Å². The van der Waals surface area contributed by atoms with Crippen molar-refractivity contribution in [2.24, 2.45) is 0 Å². The Labute approximate surface area is 84.7 Å². The van der Waals surface area contributed by atoms with Gasteiger partial charge in [-0.25, -0.2) is 0 Å². The zero-order chi connectivity index (χ0) is 10.4. The Kier molecular flexibility index (Phi) is 4.26. The Morgan fingerprint density at radius 3 is 2.79 bits per heavy atom. The van der Waals surface area contributed by atoms with Crippen molar-refractivity contribution in [1.29, 1.82) is 0 Å². The molecule has 0 bridgehead atoms. The highest BCUT2D eigenvalue weighted by Gasteiger charge is 2.23. The van der Waals surface area contributed by atoms with Gasteiger partial charge in [-0.05, 0) is 13.0 Å². The van der Waals surface area contributed by atoms with Crippen molar-refractivity contribution in [3.05, 3.63) is 36.8 Å². The normalized spacial score (nSPS) is 20.1. The van der Waals surface area contributed by atoms with Crippen molar-refractivity contribution >= 4 is 0 Å². The molecule has 1 heterocycles. The molecule has 1 unspecified atom stereocenters. The Hall–Kier alpha value is -1.22. The lowest BCUT2D eigenvalue weighted by Gasteiger charge is -2.11. The van der Waals surface area contributed by atoms with Gasteiger partial charge in [-0.1, -0.05) is 19.2 Å². The molecule has 3 nitrogen and oxygen atoms in total. The van der Waals surface area contributed by atoms with Gasteiger partial charge < -0.3 is 14.2 Å². The lowest BCUT2D eigenvalue weighted by molar-refractivity contribution is 0.145. The molecule has 1 aliphatic rings. The fourth-order valence-corrected chi connectivity index (χ4v) is 0.921. The van der Waals surface area contributed by atoms with Gasteiger partial charge in [0.05, 0.1) is 13.2 Å². The molecular weight excluding hydrogens is 180 g/mol. The second-order valence-electron chi connectivity index (χ2n) is 2.89. The topological polar surface area (TPSA) is 31.0 Å². The third-order valence-corrected chi connectivity index (χ3v) is 1.69. The Balaban J connectivity index is 2.40. The van der Waals surface area contributed by atoms with Crippen molar-refractivity contribution in [3.8, 4) is 0 Å². The summed E-state index contributed by atoms with van der Waals surface area (Å²) in [5.74, 6) is 1.16. The molecule has 1 fully saturated rings. The van der Waals surface area contributed by atoms with Crippen LogP contribution in [0.1, 0.15) is 6.92 Å². The number of epoxide rings is 1. The van der Waals surface area contributed by atoms with Crippen LogP contribution in [0.2, 0.25) is 0 Å². The molecule has 0 spiro atoms. The molecule has 0 N–H and O–H groups in total. The minimum Gasteiger partial charge on any atom is -0.491 e. The molecule has 1 atom stereocenters. The molecule has 0 amide bonds. The van der Waals surface area contributed by atoms with Crippen molar-refractivity contribution in [3.63, 3.8) is 0 Å². The lowest BCUT2D eigenvalue weighted by Crippen LogP contribution is -2.04. The number of hydrogen-bond acceptors (Lipinski definition) is 3. The average molecular weight is 196 g/mol. The van der Waals surface area contributed by atoms with Crippen LogP contribution in [-0.2, 0) is 14.2 Å². The summed E-state index contributed by atoms with van der Waals surface area (Å²) in [5.41, 5.74) is 0. The third kappa shape index (κ3) is 3.66. The van der Waals surface area contributed by atoms with Crippen LogP contribution in [0, 0.1) is 0 Å². The molecule has 78 valence electrons. The van der Waals surface area contributed by atoms with Gasteiger partial charge >= 0.3 is 0 Å². The first kappa shape index (κ1) is 10.9. The van der Waals surface area contributed by atoms with Crippen LogP contribution in [0.25, 0.3) is 0 Å². The van der Waals surface area contributed by atoms with E-state index in [0.29, 0.717) is 24.7 Å². The van der Waals surface area contributed by atoms with Gasteiger partial charge in [0, 0.05) is 0 Å². The predicted octanol–water partition coefficient (Wildman–Crippen LogP) is 2.02. The van der Waals surface area contributed by atoms with Crippen molar-refractivity contribution in [1.82, 2.24) is 0 Å². The van der Waals surface area contributed by atoms with Gasteiger partial charge in [-0.2, -0.15) is 0 Å². The summed E-state index contributed by atoms with van der Waals surface area (Å²) < 4.78 is 15.7. The van der Waals surface area contributed by atoms with E-state index < -0.39 is 0 Å². The second kappa shape index (κ2) is 5.50. The van der Waals surface area contributed by atoms with Gasteiger partial charge in [-0.3, -0.25) is 0 Å². The van der Waals surface area contributed by atoms with Gasteiger partial charge in [0.15, 0.2) is 11.5 Å². The Bertz CT molecular complexity index is 239. The molecule has 14 heavy (non-hydrogen) atoms. The molecule has 1 rings (SSSR count). The van der Waals surface area contributed by atoms with Crippen LogP contribution in [0.15, 0.2) is 36.8 Å². The minimum atomic E-state index is 0.234. The summed E-state index contributed by atoms with van der Waals surface area (Å²) >= 11 is 0. The van der Waals surface area contributed by atoms with Gasteiger partial charge in [0.2, 0.25) is 0 Å². The predicted molar refractivity (Wildman–Crippen MR) is 54.7 cm³/mol. The van der Waals surface area contributed by atoms with Gasteiger partial charge in [-0.15, -0.1) is 0 Å². The summed E-state index contributed by atoms with van der Waals surface area (Å²) in [6, 6.07) is 0. The van der Waals surface area contributed by atoms with Crippen molar-refractivity contribution in [2.75, 3.05) is 19.8 Å². The van der Waals surface area contributed by atoms with Gasteiger partial charge in [0.1, 0.15) is 12.7 Å². The smallest absolute Gasteiger partial charge is 0.160 e. The number of ether oxygens (including phenoxy) is 3. The highest BCUT2D eigenvalue weighted by molar-refractivity contribution is 5.21. The molecule has 0 aromatic rings. The SMILES string of the molecule is C=C/C=C(/OCC1CO1)C(=C)OCC. The van der Waals surface area contributed by atoms with Crippen molar-refractivity contribution in [2.45, 2.75) is 13.0 Å². The van der Waals surface area contributed by atoms with E-state index in [1.807, 2.05) is 6.92 Å². The monoisotopic (exact) mass is 196 g/mol. The van der Waals surface area contributed by atoms with Crippen LogP contribution in [-0.4, -0.2) is 25.9 Å². The number of rotatable bonds is 7. The molecule has 0 radical (unpaired) electrons. The first-order valence-electron chi connectivity index (χ1n) is 4.67. The quantitative estimate of drug-likeness (QED) is 0.354. The highest BCUT2D eigenvalue weighted by Crippen LogP contribution is 2.16. The van der Waals surface area contributed by atoms with E-state index in [1.54, 1.807) is 12.2 Å². The van der Waals surface area contributed by atoms with Gasteiger partial charge in [0.25, 0.3) is 0 Å². The summed E-state index contributed by atoms with van der Waals surface area (Å²) in [7, 11) is 0. The van der Waals surface area contributed by atoms with Crippen LogP contribution in [0.5, 0.6) is 0 Å². The molecular formula is C11H16O3. The summed E-state index contributed by atoms with van der Waals surface area (Å²) in [6.45, 7) is 11.2. The Morgan fingerprint density at radius 2 is 2.29 bits per heavy atom. The maximum Gasteiger partial charge on any atom is 0.160 e. The van der Waals surface area contributed by atoms with Crippen LogP contribution in [0.4, 0.5) is 0 Å².